The Morgan fingerprint density at radius 3 is 2.61 bits per heavy atom. The lowest BCUT2D eigenvalue weighted by molar-refractivity contribution is -0.124. The largest absolute Gasteiger partial charge is 0.350 e. The van der Waals surface area contributed by atoms with Gasteiger partial charge in [0, 0.05) is 25.5 Å². The number of hydrogen-bond donors (Lipinski definition) is 1. The highest BCUT2D eigenvalue weighted by Crippen LogP contribution is 2.16. The Labute approximate surface area is 162 Å². The topological polar surface area (TPSA) is 86.0 Å². The Morgan fingerprint density at radius 1 is 1.14 bits per heavy atom. The van der Waals surface area contributed by atoms with Crippen molar-refractivity contribution in [2.75, 3.05) is 0 Å². The molecule has 0 spiro atoms. The SMILES string of the molecule is CCCn1c(=O)c2ccccc2n(C(CC)C(=O)NCc2cccnc2)c1=O. The molecular formula is C21H24N4O3. The first-order valence-corrected chi connectivity index (χ1v) is 9.49. The summed E-state index contributed by atoms with van der Waals surface area (Å²) in [6.45, 7) is 4.40. The highest BCUT2D eigenvalue weighted by molar-refractivity contribution is 5.84. The number of amides is 1. The van der Waals surface area contributed by atoms with Gasteiger partial charge in [-0.05, 0) is 36.6 Å². The second-order valence-corrected chi connectivity index (χ2v) is 6.63. The molecule has 7 nitrogen and oxygen atoms in total. The molecule has 146 valence electrons. The average molecular weight is 380 g/mol. The summed E-state index contributed by atoms with van der Waals surface area (Å²) in [5.41, 5.74) is 0.588. The summed E-state index contributed by atoms with van der Waals surface area (Å²) in [7, 11) is 0. The van der Waals surface area contributed by atoms with Gasteiger partial charge in [0.05, 0.1) is 10.9 Å². The molecule has 1 aromatic carbocycles. The highest BCUT2D eigenvalue weighted by atomic mass is 16.2. The monoisotopic (exact) mass is 380 g/mol. The zero-order valence-corrected chi connectivity index (χ0v) is 16.1. The molecule has 3 rings (SSSR count). The first kappa shape index (κ1) is 19.5. The van der Waals surface area contributed by atoms with E-state index in [9.17, 15) is 14.4 Å². The van der Waals surface area contributed by atoms with E-state index in [4.69, 9.17) is 0 Å². The molecule has 2 heterocycles. The fourth-order valence-electron chi connectivity index (χ4n) is 3.35. The molecule has 0 aliphatic heterocycles. The number of benzene rings is 1. The Kier molecular flexibility index (Phi) is 6.03. The predicted molar refractivity (Wildman–Crippen MR) is 108 cm³/mol. The predicted octanol–water partition coefficient (Wildman–Crippen LogP) is 2.24. The molecule has 0 aliphatic carbocycles. The van der Waals surface area contributed by atoms with E-state index in [0.29, 0.717) is 36.8 Å². The van der Waals surface area contributed by atoms with Gasteiger partial charge in [0.15, 0.2) is 0 Å². The minimum atomic E-state index is -0.710. The first-order valence-electron chi connectivity index (χ1n) is 9.49. The highest BCUT2D eigenvalue weighted by Gasteiger charge is 2.24. The van der Waals surface area contributed by atoms with Gasteiger partial charge in [0.1, 0.15) is 6.04 Å². The van der Waals surface area contributed by atoms with Crippen LogP contribution in [0.2, 0.25) is 0 Å². The molecule has 7 heteroatoms. The van der Waals surface area contributed by atoms with Crippen LogP contribution in [-0.2, 0) is 17.9 Å². The minimum absolute atomic E-state index is 0.264. The number of para-hydroxylation sites is 1. The summed E-state index contributed by atoms with van der Waals surface area (Å²) in [5.74, 6) is -0.264. The molecule has 3 aromatic rings. The number of rotatable bonds is 7. The van der Waals surface area contributed by atoms with Gasteiger partial charge in [-0.25, -0.2) is 4.79 Å². The fraction of sp³-hybridized carbons (Fsp3) is 0.333. The molecule has 0 fully saturated rings. The number of aromatic nitrogens is 3. The van der Waals surface area contributed by atoms with Crippen molar-refractivity contribution in [2.24, 2.45) is 0 Å². The van der Waals surface area contributed by atoms with Gasteiger partial charge < -0.3 is 5.32 Å². The van der Waals surface area contributed by atoms with Crippen molar-refractivity contribution in [3.63, 3.8) is 0 Å². The number of nitrogens with zero attached hydrogens (tertiary/aromatic N) is 3. The third-order valence-corrected chi connectivity index (χ3v) is 4.71. The maximum atomic E-state index is 13.1. The van der Waals surface area contributed by atoms with Gasteiger partial charge >= 0.3 is 5.69 Å². The molecule has 0 radical (unpaired) electrons. The summed E-state index contributed by atoms with van der Waals surface area (Å²) < 4.78 is 2.67. The van der Waals surface area contributed by atoms with E-state index >= 15 is 0 Å². The van der Waals surface area contributed by atoms with Crippen molar-refractivity contribution in [1.29, 1.82) is 0 Å². The molecule has 2 aromatic heterocycles. The van der Waals surface area contributed by atoms with Crippen molar-refractivity contribution < 1.29 is 4.79 Å². The van der Waals surface area contributed by atoms with Crippen molar-refractivity contribution in [1.82, 2.24) is 19.4 Å². The quantitative estimate of drug-likeness (QED) is 0.681. The first-order chi connectivity index (χ1) is 13.6. The van der Waals surface area contributed by atoms with Gasteiger partial charge in [-0.3, -0.25) is 23.7 Å². The number of pyridine rings is 1. The van der Waals surface area contributed by atoms with Crippen LogP contribution < -0.4 is 16.6 Å². The third kappa shape index (κ3) is 3.74. The van der Waals surface area contributed by atoms with E-state index in [1.54, 1.807) is 42.7 Å². The van der Waals surface area contributed by atoms with Crippen LogP contribution in [0.3, 0.4) is 0 Å². The Hall–Kier alpha value is -3.22. The molecule has 1 N–H and O–H groups in total. The lowest BCUT2D eigenvalue weighted by Gasteiger charge is -2.21. The second-order valence-electron chi connectivity index (χ2n) is 6.63. The van der Waals surface area contributed by atoms with Crippen LogP contribution in [0.1, 0.15) is 38.3 Å². The minimum Gasteiger partial charge on any atom is -0.350 e. The van der Waals surface area contributed by atoms with Crippen LogP contribution >= 0.6 is 0 Å². The van der Waals surface area contributed by atoms with E-state index in [-0.39, 0.29) is 11.5 Å². The van der Waals surface area contributed by atoms with Crippen LogP contribution in [0.5, 0.6) is 0 Å². The van der Waals surface area contributed by atoms with Crippen molar-refractivity contribution in [3.05, 3.63) is 75.2 Å². The molecule has 0 saturated carbocycles. The number of carbonyl (C=O) groups excluding carboxylic acids is 1. The van der Waals surface area contributed by atoms with Crippen molar-refractivity contribution >= 4 is 16.8 Å². The van der Waals surface area contributed by atoms with Gasteiger partial charge in [0.2, 0.25) is 5.91 Å². The van der Waals surface area contributed by atoms with E-state index in [1.807, 2.05) is 19.9 Å². The zero-order valence-electron chi connectivity index (χ0n) is 16.1. The van der Waals surface area contributed by atoms with Crippen molar-refractivity contribution in [3.8, 4) is 0 Å². The van der Waals surface area contributed by atoms with E-state index in [0.717, 1.165) is 5.56 Å². The van der Waals surface area contributed by atoms with Crippen LogP contribution in [0.15, 0.2) is 58.4 Å². The number of carbonyl (C=O) groups is 1. The lowest BCUT2D eigenvalue weighted by Crippen LogP contribution is -2.44. The fourth-order valence-corrected chi connectivity index (χ4v) is 3.35. The van der Waals surface area contributed by atoms with Gasteiger partial charge in [-0.2, -0.15) is 0 Å². The van der Waals surface area contributed by atoms with Gasteiger partial charge in [-0.1, -0.05) is 32.0 Å². The summed E-state index contributed by atoms with van der Waals surface area (Å²) in [6, 6.07) is 9.90. The zero-order chi connectivity index (χ0) is 20.1. The molecule has 1 unspecified atom stereocenters. The summed E-state index contributed by atoms with van der Waals surface area (Å²) in [6.07, 6.45) is 4.43. The molecule has 0 aliphatic rings. The maximum absolute atomic E-state index is 13.1. The third-order valence-electron chi connectivity index (χ3n) is 4.71. The summed E-state index contributed by atoms with van der Waals surface area (Å²) >= 11 is 0. The molecule has 1 atom stereocenters. The van der Waals surface area contributed by atoms with Crippen LogP contribution in [0, 0.1) is 0 Å². The van der Waals surface area contributed by atoms with Crippen LogP contribution in [0.4, 0.5) is 0 Å². The van der Waals surface area contributed by atoms with Crippen LogP contribution in [-0.4, -0.2) is 20.0 Å². The summed E-state index contributed by atoms with van der Waals surface area (Å²) in [5, 5.41) is 3.32. The molecule has 0 saturated heterocycles. The van der Waals surface area contributed by atoms with Crippen LogP contribution in [0.25, 0.3) is 10.9 Å². The Bertz CT molecular complexity index is 1090. The number of nitrogens with one attached hydrogen (secondary N) is 1. The second kappa shape index (κ2) is 8.65. The summed E-state index contributed by atoms with van der Waals surface area (Å²) in [4.78, 5) is 42.8. The molecule has 1 amide bonds. The van der Waals surface area contributed by atoms with Crippen molar-refractivity contribution in [2.45, 2.75) is 45.8 Å². The number of hydrogen-bond acceptors (Lipinski definition) is 4. The number of fused-ring (bicyclic) bond motifs is 1. The molecular weight excluding hydrogens is 356 g/mol. The lowest BCUT2D eigenvalue weighted by atomic mass is 10.1. The maximum Gasteiger partial charge on any atom is 0.332 e. The standard InChI is InChI=1S/C21H24N4O3/c1-3-12-24-20(27)16-9-5-6-10-18(16)25(21(24)28)17(4-2)19(26)23-14-15-8-7-11-22-13-15/h5-11,13,17H,3-4,12,14H2,1-2H3,(H,23,26). The normalized spacial score (nSPS) is 12.1. The Morgan fingerprint density at radius 2 is 1.93 bits per heavy atom. The van der Waals surface area contributed by atoms with E-state index in [1.165, 1.54) is 9.13 Å². The average Bonchev–Trinajstić information content (AvgIpc) is 2.73. The Balaban J connectivity index is 2.05. The smallest absolute Gasteiger partial charge is 0.332 e. The molecule has 28 heavy (non-hydrogen) atoms. The van der Waals surface area contributed by atoms with E-state index < -0.39 is 11.7 Å². The van der Waals surface area contributed by atoms with Gasteiger partial charge in [0.25, 0.3) is 5.56 Å². The molecule has 0 bridgehead atoms. The van der Waals surface area contributed by atoms with E-state index in [2.05, 4.69) is 10.3 Å². The van der Waals surface area contributed by atoms with Gasteiger partial charge in [-0.15, -0.1) is 0 Å².